The van der Waals surface area contributed by atoms with Crippen LogP contribution < -0.4 is 5.73 Å². The topological polar surface area (TPSA) is 38.5 Å². The SMILES string of the molecule is CC1CCC(CN)C(N(C)C2CCOC2)C1. The van der Waals surface area contributed by atoms with E-state index in [1.54, 1.807) is 0 Å². The van der Waals surface area contributed by atoms with Gasteiger partial charge in [0.1, 0.15) is 0 Å². The normalized spacial score (nSPS) is 40.5. The van der Waals surface area contributed by atoms with Crippen molar-refractivity contribution >= 4 is 0 Å². The minimum atomic E-state index is 0.629. The fraction of sp³-hybridized carbons (Fsp3) is 1.00. The van der Waals surface area contributed by atoms with Crippen LogP contribution >= 0.6 is 0 Å². The number of ether oxygens (including phenoxy) is 1. The highest BCUT2D eigenvalue weighted by atomic mass is 16.5. The van der Waals surface area contributed by atoms with E-state index >= 15 is 0 Å². The average molecular weight is 226 g/mol. The van der Waals surface area contributed by atoms with E-state index in [4.69, 9.17) is 10.5 Å². The van der Waals surface area contributed by atoms with E-state index in [-0.39, 0.29) is 0 Å². The molecule has 0 spiro atoms. The third kappa shape index (κ3) is 2.58. The molecule has 1 aliphatic carbocycles. The molecule has 1 heterocycles. The Labute approximate surface area is 99.3 Å². The van der Waals surface area contributed by atoms with Gasteiger partial charge in [-0.3, -0.25) is 4.90 Å². The summed E-state index contributed by atoms with van der Waals surface area (Å²) in [6.07, 6.45) is 5.17. The molecule has 1 saturated heterocycles. The van der Waals surface area contributed by atoms with Crippen molar-refractivity contribution in [1.82, 2.24) is 4.90 Å². The Bertz CT molecular complexity index is 216. The average Bonchev–Trinajstić information content (AvgIpc) is 2.81. The van der Waals surface area contributed by atoms with Crippen LogP contribution in [0.4, 0.5) is 0 Å². The van der Waals surface area contributed by atoms with Gasteiger partial charge in [0.15, 0.2) is 0 Å². The van der Waals surface area contributed by atoms with E-state index in [1.807, 2.05) is 0 Å². The Morgan fingerprint density at radius 2 is 2.12 bits per heavy atom. The maximum absolute atomic E-state index is 5.92. The largest absolute Gasteiger partial charge is 0.380 e. The zero-order chi connectivity index (χ0) is 11.5. The number of hydrogen-bond acceptors (Lipinski definition) is 3. The summed E-state index contributed by atoms with van der Waals surface area (Å²) in [7, 11) is 2.27. The van der Waals surface area contributed by atoms with E-state index < -0.39 is 0 Å². The van der Waals surface area contributed by atoms with Gasteiger partial charge in [0.2, 0.25) is 0 Å². The highest BCUT2D eigenvalue weighted by Gasteiger charge is 2.34. The van der Waals surface area contributed by atoms with Crippen LogP contribution in [0.15, 0.2) is 0 Å². The molecule has 2 N–H and O–H groups in total. The van der Waals surface area contributed by atoms with Crippen molar-refractivity contribution in [2.75, 3.05) is 26.8 Å². The van der Waals surface area contributed by atoms with Gasteiger partial charge < -0.3 is 10.5 Å². The van der Waals surface area contributed by atoms with Crippen molar-refractivity contribution in [3.63, 3.8) is 0 Å². The predicted molar refractivity (Wildman–Crippen MR) is 66.3 cm³/mol. The molecule has 0 amide bonds. The van der Waals surface area contributed by atoms with Crippen molar-refractivity contribution in [1.29, 1.82) is 0 Å². The molecule has 0 radical (unpaired) electrons. The first-order valence-electron chi connectivity index (χ1n) is 6.72. The Hall–Kier alpha value is -0.120. The molecule has 0 bridgehead atoms. The molecule has 4 unspecified atom stereocenters. The molecule has 3 nitrogen and oxygen atoms in total. The van der Waals surface area contributed by atoms with E-state index in [2.05, 4.69) is 18.9 Å². The molecule has 4 atom stereocenters. The maximum Gasteiger partial charge on any atom is 0.0622 e. The van der Waals surface area contributed by atoms with Gasteiger partial charge in [-0.15, -0.1) is 0 Å². The maximum atomic E-state index is 5.92. The molecule has 3 heteroatoms. The van der Waals surface area contributed by atoms with E-state index in [0.717, 1.165) is 25.7 Å². The van der Waals surface area contributed by atoms with Crippen LogP contribution in [0, 0.1) is 11.8 Å². The molecule has 2 aliphatic rings. The number of rotatable bonds is 3. The predicted octanol–water partition coefficient (Wildman–Crippen LogP) is 1.47. The Balaban J connectivity index is 1.97. The first-order chi connectivity index (χ1) is 7.72. The van der Waals surface area contributed by atoms with Gasteiger partial charge in [-0.2, -0.15) is 0 Å². The minimum Gasteiger partial charge on any atom is -0.380 e. The summed E-state index contributed by atoms with van der Waals surface area (Å²) in [4.78, 5) is 2.56. The van der Waals surface area contributed by atoms with Gasteiger partial charge in [-0.1, -0.05) is 13.3 Å². The van der Waals surface area contributed by atoms with Crippen molar-refractivity contribution in [2.24, 2.45) is 17.6 Å². The highest BCUT2D eigenvalue weighted by Crippen LogP contribution is 2.32. The van der Waals surface area contributed by atoms with Gasteiger partial charge in [-0.05, 0) is 44.7 Å². The van der Waals surface area contributed by atoms with Gasteiger partial charge in [0, 0.05) is 18.7 Å². The van der Waals surface area contributed by atoms with Crippen molar-refractivity contribution < 1.29 is 4.74 Å². The lowest BCUT2D eigenvalue weighted by atomic mass is 9.78. The summed E-state index contributed by atoms with van der Waals surface area (Å²) in [6, 6.07) is 1.31. The second kappa shape index (κ2) is 5.48. The molecule has 2 fully saturated rings. The van der Waals surface area contributed by atoms with Crippen molar-refractivity contribution in [3.8, 4) is 0 Å². The van der Waals surface area contributed by atoms with Crippen LogP contribution in [0.5, 0.6) is 0 Å². The second-order valence-electron chi connectivity index (χ2n) is 5.66. The van der Waals surface area contributed by atoms with Crippen molar-refractivity contribution in [2.45, 2.75) is 44.7 Å². The Kier molecular flexibility index (Phi) is 4.22. The number of nitrogens with zero attached hydrogens (tertiary/aromatic N) is 1. The summed E-state index contributed by atoms with van der Waals surface area (Å²) in [5.74, 6) is 1.55. The summed E-state index contributed by atoms with van der Waals surface area (Å²) in [5.41, 5.74) is 5.92. The molecular formula is C13H26N2O. The molecule has 1 saturated carbocycles. The van der Waals surface area contributed by atoms with Gasteiger partial charge in [0.05, 0.1) is 6.61 Å². The van der Waals surface area contributed by atoms with Crippen LogP contribution in [0.1, 0.15) is 32.6 Å². The Morgan fingerprint density at radius 1 is 1.31 bits per heavy atom. The number of nitrogens with two attached hydrogens (primary N) is 1. The van der Waals surface area contributed by atoms with E-state index in [0.29, 0.717) is 18.0 Å². The van der Waals surface area contributed by atoms with Gasteiger partial charge >= 0.3 is 0 Å². The number of hydrogen-bond donors (Lipinski definition) is 1. The quantitative estimate of drug-likeness (QED) is 0.792. The summed E-state index contributed by atoms with van der Waals surface area (Å²) >= 11 is 0. The summed E-state index contributed by atoms with van der Waals surface area (Å²) in [5, 5.41) is 0. The Morgan fingerprint density at radius 3 is 2.75 bits per heavy atom. The van der Waals surface area contributed by atoms with E-state index in [1.165, 1.54) is 25.7 Å². The smallest absolute Gasteiger partial charge is 0.0622 e. The van der Waals surface area contributed by atoms with Gasteiger partial charge in [0.25, 0.3) is 0 Å². The molecule has 2 rings (SSSR count). The second-order valence-corrected chi connectivity index (χ2v) is 5.66. The van der Waals surface area contributed by atoms with Crippen LogP contribution in [-0.4, -0.2) is 43.8 Å². The molecule has 0 aromatic heterocycles. The fourth-order valence-electron chi connectivity index (χ4n) is 3.30. The van der Waals surface area contributed by atoms with Crippen LogP contribution in [-0.2, 0) is 4.74 Å². The highest BCUT2D eigenvalue weighted by molar-refractivity contribution is 4.88. The van der Waals surface area contributed by atoms with Crippen LogP contribution in [0.2, 0.25) is 0 Å². The molecule has 94 valence electrons. The monoisotopic (exact) mass is 226 g/mol. The zero-order valence-corrected chi connectivity index (χ0v) is 10.7. The lowest BCUT2D eigenvalue weighted by Gasteiger charge is -2.42. The summed E-state index contributed by atoms with van der Waals surface area (Å²) in [6.45, 7) is 5.07. The first-order valence-corrected chi connectivity index (χ1v) is 6.72. The molecule has 16 heavy (non-hydrogen) atoms. The molecule has 0 aromatic carbocycles. The third-order valence-corrected chi connectivity index (χ3v) is 4.53. The van der Waals surface area contributed by atoms with Crippen LogP contribution in [0.25, 0.3) is 0 Å². The molecule has 0 aromatic rings. The van der Waals surface area contributed by atoms with E-state index in [9.17, 15) is 0 Å². The zero-order valence-electron chi connectivity index (χ0n) is 10.7. The number of likely N-dealkylation sites (N-methyl/N-ethyl adjacent to an activating group) is 1. The van der Waals surface area contributed by atoms with Crippen LogP contribution in [0.3, 0.4) is 0 Å². The third-order valence-electron chi connectivity index (χ3n) is 4.53. The first kappa shape index (κ1) is 12.3. The lowest BCUT2D eigenvalue weighted by molar-refractivity contribution is 0.0649. The minimum absolute atomic E-state index is 0.629. The lowest BCUT2D eigenvalue weighted by Crippen LogP contribution is -2.49. The molecule has 1 aliphatic heterocycles. The summed E-state index contributed by atoms with van der Waals surface area (Å²) < 4.78 is 5.49. The standard InChI is InChI=1S/C13H26N2O/c1-10-3-4-11(8-14)13(7-10)15(2)12-5-6-16-9-12/h10-13H,3-9,14H2,1-2H3. The fourth-order valence-corrected chi connectivity index (χ4v) is 3.30. The molecular weight excluding hydrogens is 200 g/mol. The van der Waals surface area contributed by atoms with Gasteiger partial charge in [-0.25, -0.2) is 0 Å². The van der Waals surface area contributed by atoms with Crippen molar-refractivity contribution in [3.05, 3.63) is 0 Å².